The molecule has 0 nitrogen and oxygen atoms in total. The second kappa shape index (κ2) is 3.88. The van der Waals surface area contributed by atoms with Crippen molar-refractivity contribution in [1.82, 2.24) is 0 Å². The third-order valence-electron chi connectivity index (χ3n) is 4.43. The van der Waals surface area contributed by atoms with Gasteiger partial charge in [-0.25, -0.2) is 0 Å². The number of hydrogen-bond acceptors (Lipinski definition) is 0. The molecule has 1 saturated heterocycles. The Morgan fingerprint density at radius 2 is 1.75 bits per heavy atom. The van der Waals surface area contributed by atoms with Gasteiger partial charge in [0.25, 0.3) is 0 Å². The van der Waals surface area contributed by atoms with Gasteiger partial charge in [-0.05, 0) is 41.6 Å². The molecule has 0 amide bonds. The maximum atomic E-state index is 2.52. The maximum Gasteiger partial charge on any atom is 0.0497 e. The quantitative estimate of drug-likeness (QED) is 0.638. The summed E-state index contributed by atoms with van der Waals surface area (Å²) in [7, 11) is -0.506. The zero-order valence-corrected chi connectivity index (χ0v) is 11.4. The molecule has 0 spiro atoms. The van der Waals surface area contributed by atoms with E-state index < -0.39 is 8.80 Å². The second-order valence-corrected chi connectivity index (χ2v) is 8.85. The van der Waals surface area contributed by atoms with Gasteiger partial charge in [-0.15, -0.1) is 0 Å². The predicted octanol–water partition coefficient (Wildman–Crippen LogP) is 3.97. The average Bonchev–Trinajstić information content (AvgIpc) is 2.90. The van der Waals surface area contributed by atoms with Crippen LogP contribution >= 0.6 is 0 Å². The van der Waals surface area contributed by atoms with Crippen molar-refractivity contribution in [2.75, 3.05) is 0 Å². The van der Waals surface area contributed by atoms with Crippen LogP contribution in [0.2, 0.25) is 12.1 Å². The first-order chi connectivity index (χ1) is 7.77. The van der Waals surface area contributed by atoms with Crippen molar-refractivity contribution >= 4 is 14.9 Å². The summed E-state index contributed by atoms with van der Waals surface area (Å²) >= 11 is 0. The minimum Gasteiger partial charge on any atom is -0.0794 e. The van der Waals surface area contributed by atoms with Crippen molar-refractivity contribution in [2.24, 2.45) is 0 Å². The molecule has 1 aliphatic heterocycles. The van der Waals surface area contributed by atoms with E-state index in [1.54, 1.807) is 23.2 Å². The van der Waals surface area contributed by atoms with E-state index in [2.05, 4.69) is 38.1 Å². The monoisotopic (exact) mass is 228 g/mol. The largest absolute Gasteiger partial charge is 0.0794 e. The molecule has 1 aliphatic carbocycles. The summed E-state index contributed by atoms with van der Waals surface area (Å²) in [6, 6.07) is 7.73. The Morgan fingerprint density at radius 3 is 2.50 bits per heavy atom. The van der Waals surface area contributed by atoms with Crippen LogP contribution in [-0.4, -0.2) is 8.80 Å². The van der Waals surface area contributed by atoms with Crippen molar-refractivity contribution in [3.8, 4) is 0 Å². The van der Waals surface area contributed by atoms with E-state index in [0.29, 0.717) is 0 Å². The van der Waals surface area contributed by atoms with Gasteiger partial charge >= 0.3 is 0 Å². The van der Waals surface area contributed by atoms with Gasteiger partial charge in [-0.1, -0.05) is 49.2 Å². The van der Waals surface area contributed by atoms with Crippen LogP contribution in [0.5, 0.6) is 0 Å². The molecule has 1 heterocycles. The lowest BCUT2D eigenvalue weighted by atomic mass is 9.99. The molecule has 2 aliphatic rings. The van der Waals surface area contributed by atoms with Crippen LogP contribution in [0.3, 0.4) is 0 Å². The van der Waals surface area contributed by atoms with E-state index >= 15 is 0 Å². The third-order valence-corrected chi connectivity index (χ3v) is 8.31. The molecule has 0 bridgehead atoms. The normalized spacial score (nSPS) is 24.0. The van der Waals surface area contributed by atoms with Gasteiger partial charge in [-0.2, -0.15) is 0 Å². The fourth-order valence-corrected chi connectivity index (χ4v) is 7.50. The molecule has 0 saturated carbocycles. The van der Waals surface area contributed by atoms with Crippen LogP contribution in [0.15, 0.2) is 18.2 Å². The molecular formula is C15H20Si. The Kier molecular flexibility index (Phi) is 2.51. The van der Waals surface area contributed by atoms with Gasteiger partial charge in [0.1, 0.15) is 0 Å². The Hall–Kier alpha value is -0.823. The van der Waals surface area contributed by atoms with Gasteiger partial charge in [0.05, 0.1) is 0 Å². The molecule has 0 aromatic heterocycles. The number of hydrogen-bond donors (Lipinski definition) is 0. The smallest absolute Gasteiger partial charge is 0.0497 e. The van der Waals surface area contributed by atoms with Gasteiger partial charge in [-0.3, -0.25) is 0 Å². The fourth-order valence-electron chi connectivity index (χ4n) is 3.52. The highest BCUT2D eigenvalue weighted by Crippen LogP contribution is 2.40. The zero-order valence-electron chi connectivity index (χ0n) is 10.3. The minimum atomic E-state index is -0.506. The standard InChI is InChI=1S/C15H20Si/c1-11-5-6-12(2)15-13(11)7-8-14(15)16-9-3-4-10-16/h5-8,14,16H,3-4,9-10H2,1-2H3. The van der Waals surface area contributed by atoms with Crippen molar-refractivity contribution in [3.63, 3.8) is 0 Å². The first kappa shape index (κ1) is 10.3. The summed E-state index contributed by atoms with van der Waals surface area (Å²) < 4.78 is 0. The predicted molar refractivity (Wildman–Crippen MR) is 73.7 cm³/mol. The first-order valence-electron chi connectivity index (χ1n) is 6.55. The molecule has 1 aromatic rings. The summed E-state index contributed by atoms with van der Waals surface area (Å²) in [5.41, 5.74) is 7.08. The van der Waals surface area contributed by atoms with Crippen molar-refractivity contribution in [2.45, 2.75) is 44.3 Å². The van der Waals surface area contributed by atoms with E-state index in [4.69, 9.17) is 0 Å². The highest BCUT2D eigenvalue weighted by atomic mass is 28.3. The van der Waals surface area contributed by atoms with E-state index in [0.717, 1.165) is 5.54 Å². The minimum absolute atomic E-state index is 0.506. The Balaban J connectivity index is 2.04. The summed E-state index contributed by atoms with van der Waals surface area (Å²) in [6.45, 7) is 4.54. The molecule has 1 unspecified atom stereocenters. The lowest BCUT2D eigenvalue weighted by molar-refractivity contribution is 0.935. The van der Waals surface area contributed by atoms with Gasteiger partial charge in [0.2, 0.25) is 0 Å². The molecule has 1 fully saturated rings. The lowest BCUT2D eigenvalue weighted by Crippen LogP contribution is -2.17. The van der Waals surface area contributed by atoms with E-state index in [1.165, 1.54) is 24.0 Å². The van der Waals surface area contributed by atoms with Crippen LogP contribution in [0.25, 0.3) is 6.08 Å². The van der Waals surface area contributed by atoms with Crippen molar-refractivity contribution in [3.05, 3.63) is 40.5 Å². The fraction of sp³-hybridized carbons (Fsp3) is 0.467. The van der Waals surface area contributed by atoms with Crippen molar-refractivity contribution in [1.29, 1.82) is 0 Å². The lowest BCUT2D eigenvalue weighted by Gasteiger charge is -2.19. The molecule has 1 aromatic carbocycles. The number of benzene rings is 1. The topological polar surface area (TPSA) is 0 Å². The van der Waals surface area contributed by atoms with Crippen LogP contribution < -0.4 is 0 Å². The summed E-state index contributed by atoms with van der Waals surface area (Å²) in [4.78, 5) is 0. The molecule has 1 heteroatoms. The number of aryl methyl sites for hydroxylation is 2. The Bertz CT molecular complexity index is 439. The van der Waals surface area contributed by atoms with E-state index in [1.807, 2.05) is 0 Å². The Labute approximate surface area is 100.0 Å². The molecule has 1 atom stereocenters. The number of allylic oxidation sites excluding steroid dienone is 1. The summed E-state index contributed by atoms with van der Waals surface area (Å²) in [6.07, 6.45) is 7.92. The molecule has 16 heavy (non-hydrogen) atoms. The third kappa shape index (κ3) is 1.49. The zero-order chi connectivity index (χ0) is 11.1. The van der Waals surface area contributed by atoms with Crippen molar-refractivity contribution < 1.29 is 0 Å². The van der Waals surface area contributed by atoms with Crippen LogP contribution in [0.4, 0.5) is 0 Å². The molecular weight excluding hydrogens is 208 g/mol. The van der Waals surface area contributed by atoms with Gasteiger partial charge in [0, 0.05) is 8.80 Å². The molecule has 0 radical (unpaired) electrons. The molecule has 3 rings (SSSR count). The first-order valence-corrected chi connectivity index (χ1v) is 8.85. The molecule has 0 N–H and O–H groups in total. The highest BCUT2D eigenvalue weighted by Gasteiger charge is 2.30. The highest BCUT2D eigenvalue weighted by molar-refractivity contribution is 6.62. The van der Waals surface area contributed by atoms with E-state index in [-0.39, 0.29) is 0 Å². The van der Waals surface area contributed by atoms with Crippen LogP contribution in [-0.2, 0) is 0 Å². The van der Waals surface area contributed by atoms with Crippen LogP contribution in [0.1, 0.15) is 40.6 Å². The summed E-state index contributed by atoms with van der Waals surface area (Å²) in [5, 5.41) is 0. The Morgan fingerprint density at radius 1 is 1.06 bits per heavy atom. The van der Waals surface area contributed by atoms with E-state index in [9.17, 15) is 0 Å². The molecule has 84 valence electrons. The number of rotatable bonds is 1. The van der Waals surface area contributed by atoms with Gasteiger partial charge < -0.3 is 0 Å². The van der Waals surface area contributed by atoms with Crippen LogP contribution in [0, 0.1) is 13.8 Å². The maximum absolute atomic E-state index is 2.52. The SMILES string of the molecule is Cc1ccc(C)c2c1C=CC2[SiH]1CCCC1. The summed E-state index contributed by atoms with van der Waals surface area (Å²) in [5.74, 6) is 0. The number of fused-ring (bicyclic) bond motifs is 1. The second-order valence-electron chi connectivity index (χ2n) is 5.46. The average molecular weight is 228 g/mol. The van der Waals surface area contributed by atoms with Gasteiger partial charge in [0.15, 0.2) is 0 Å².